The molecule has 2 N–H and O–H groups in total. The van der Waals surface area contributed by atoms with Crippen LogP contribution in [-0.4, -0.2) is 22.2 Å². The molecule has 17 heavy (non-hydrogen) atoms. The fourth-order valence-electron chi connectivity index (χ4n) is 2.15. The summed E-state index contributed by atoms with van der Waals surface area (Å²) in [6.45, 7) is 0. The van der Waals surface area contributed by atoms with Crippen molar-refractivity contribution in [3.8, 4) is 0 Å². The lowest BCUT2D eigenvalue weighted by molar-refractivity contribution is -0.137. The highest BCUT2D eigenvalue weighted by Gasteiger charge is 2.33. The molecule has 0 aromatic heterocycles. The van der Waals surface area contributed by atoms with Gasteiger partial charge in [-0.05, 0) is 42.4 Å². The molecule has 0 saturated heterocycles. The van der Waals surface area contributed by atoms with Gasteiger partial charge in [0.25, 0.3) is 0 Å². The van der Waals surface area contributed by atoms with Crippen LogP contribution in [0.15, 0.2) is 24.3 Å². The van der Waals surface area contributed by atoms with E-state index in [0.717, 1.165) is 18.4 Å². The van der Waals surface area contributed by atoms with Crippen LogP contribution in [0, 0.1) is 5.92 Å². The monoisotopic (exact) mass is 234 g/mol. The van der Waals surface area contributed by atoms with Gasteiger partial charge in [0, 0.05) is 0 Å². The maximum Gasteiger partial charge on any atom is 0.335 e. The van der Waals surface area contributed by atoms with Crippen LogP contribution in [0.3, 0.4) is 0 Å². The third-order valence-electron chi connectivity index (χ3n) is 3.15. The molecule has 1 saturated carbocycles. The van der Waals surface area contributed by atoms with E-state index in [1.54, 1.807) is 12.1 Å². The number of carboxylic acids is 2. The van der Waals surface area contributed by atoms with Gasteiger partial charge in [0.15, 0.2) is 0 Å². The van der Waals surface area contributed by atoms with E-state index in [0.29, 0.717) is 5.92 Å². The van der Waals surface area contributed by atoms with Crippen molar-refractivity contribution in [3.63, 3.8) is 0 Å². The van der Waals surface area contributed by atoms with E-state index in [4.69, 9.17) is 10.2 Å². The molecule has 1 aromatic carbocycles. The molecule has 0 unspecified atom stereocenters. The standard InChI is InChI=1S/C13H14O4/c14-12(15)7-11(8-4-5-8)9-2-1-3-10(6-9)13(16)17/h1-3,6,8,11H,4-5,7H2,(H,14,15)(H,16,17)/t11-/m0/s1. The zero-order valence-corrected chi connectivity index (χ0v) is 9.30. The predicted molar refractivity (Wildman–Crippen MR) is 61.1 cm³/mol. The van der Waals surface area contributed by atoms with Gasteiger partial charge < -0.3 is 10.2 Å². The Bertz CT molecular complexity index is 448. The van der Waals surface area contributed by atoms with Crippen LogP contribution in [0.25, 0.3) is 0 Å². The zero-order chi connectivity index (χ0) is 12.4. The Labute approximate surface area is 98.9 Å². The summed E-state index contributed by atoms with van der Waals surface area (Å²) in [6, 6.07) is 6.61. The SMILES string of the molecule is O=C(O)C[C@H](c1cccc(C(=O)O)c1)C1CC1. The minimum Gasteiger partial charge on any atom is -0.481 e. The Balaban J connectivity index is 2.25. The Morgan fingerprint density at radius 1 is 1.29 bits per heavy atom. The van der Waals surface area contributed by atoms with E-state index >= 15 is 0 Å². The molecule has 1 aliphatic rings. The first kappa shape index (κ1) is 11.6. The van der Waals surface area contributed by atoms with Crippen LogP contribution in [0.4, 0.5) is 0 Å². The van der Waals surface area contributed by atoms with Crippen molar-refractivity contribution in [2.45, 2.75) is 25.2 Å². The number of hydrogen-bond donors (Lipinski definition) is 2. The minimum atomic E-state index is -0.975. The predicted octanol–water partition coefficient (Wildman–Crippen LogP) is 2.35. The van der Waals surface area contributed by atoms with E-state index in [1.807, 2.05) is 6.07 Å². The van der Waals surface area contributed by atoms with E-state index in [-0.39, 0.29) is 17.9 Å². The Morgan fingerprint density at radius 3 is 2.53 bits per heavy atom. The molecule has 0 heterocycles. The van der Waals surface area contributed by atoms with Gasteiger partial charge in [-0.2, -0.15) is 0 Å². The number of carbonyl (C=O) groups is 2. The lowest BCUT2D eigenvalue weighted by Crippen LogP contribution is -2.09. The average Bonchev–Trinajstić information content (AvgIpc) is 3.09. The van der Waals surface area contributed by atoms with Crippen LogP contribution >= 0.6 is 0 Å². The summed E-state index contributed by atoms with van der Waals surface area (Å²) >= 11 is 0. The normalized spacial score (nSPS) is 16.5. The molecule has 4 nitrogen and oxygen atoms in total. The van der Waals surface area contributed by atoms with Crippen molar-refractivity contribution < 1.29 is 19.8 Å². The maximum absolute atomic E-state index is 10.9. The molecule has 0 aliphatic heterocycles. The van der Waals surface area contributed by atoms with Gasteiger partial charge in [0.2, 0.25) is 0 Å². The number of aromatic carboxylic acids is 1. The summed E-state index contributed by atoms with van der Waals surface area (Å²) in [5.41, 5.74) is 1.05. The first-order chi connectivity index (χ1) is 8.08. The smallest absolute Gasteiger partial charge is 0.335 e. The van der Waals surface area contributed by atoms with E-state index in [1.165, 1.54) is 6.07 Å². The van der Waals surface area contributed by atoms with Gasteiger partial charge in [-0.25, -0.2) is 4.79 Å². The topological polar surface area (TPSA) is 74.6 Å². The number of carboxylic acid groups (broad SMARTS) is 2. The Kier molecular flexibility index (Phi) is 3.13. The largest absolute Gasteiger partial charge is 0.481 e. The van der Waals surface area contributed by atoms with Crippen molar-refractivity contribution >= 4 is 11.9 Å². The van der Waals surface area contributed by atoms with Crippen LogP contribution in [0.5, 0.6) is 0 Å². The van der Waals surface area contributed by atoms with Crippen molar-refractivity contribution in [2.75, 3.05) is 0 Å². The number of benzene rings is 1. The zero-order valence-electron chi connectivity index (χ0n) is 9.30. The summed E-state index contributed by atoms with van der Waals surface area (Å²) in [6.07, 6.45) is 2.15. The Hall–Kier alpha value is -1.84. The van der Waals surface area contributed by atoms with Crippen LogP contribution < -0.4 is 0 Å². The minimum absolute atomic E-state index is 0.0493. The summed E-state index contributed by atoms with van der Waals surface area (Å²) < 4.78 is 0. The molecule has 2 rings (SSSR count). The van der Waals surface area contributed by atoms with Gasteiger partial charge >= 0.3 is 11.9 Å². The first-order valence-corrected chi connectivity index (χ1v) is 5.63. The van der Waals surface area contributed by atoms with E-state index in [2.05, 4.69) is 0 Å². The Morgan fingerprint density at radius 2 is 2.00 bits per heavy atom. The quantitative estimate of drug-likeness (QED) is 0.820. The molecule has 1 aliphatic carbocycles. The summed E-state index contributed by atoms with van der Waals surface area (Å²) in [5.74, 6) is -1.46. The van der Waals surface area contributed by atoms with Crippen molar-refractivity contribution in [1.82, 2.24) is 0 Å². The number of rotatable bonds is 5. The van der Waals surface area contributed by atoms with Gasteiger partial charge in [-0.15, -0.1) is 0 Å². The van der Waals surface area contributed by atoms with Gasteiger partial charge in [-0.3, -0.25) is 4.79 Å². The van der Waals surface area contributed by atoms with Gasteiger partial charge in [0.1, 0.15) is 0 Å². The molecule has 1 atom stereocenters. The van der Waals surface area contributed by atoms with Crippen molar-refractivity contribution in [3.05, 3.63) is 35.4 Å². The van der Waals surface area contributed by atoms with Crippen LogP contribution in [0.2, 0.25) is 0 Å². The second kappa shape index (κ2) is 4.57. The van der Waals surface area contributed by atoms with Gasteiger partial charge in [-0.1, -0.05) is 12.1 Å². The first-order valence-electron chi connectivity index (χ1n) is 5.63. The lowest BCUT2D eigenvalue weighted by Gasteiger charge is -2.14. The summed E-state index contributed by atoms with van der Waals surface area (Å²) in [5, 5.41) is 17.8. The third kappa shape index (κ3) is 2.84. The second-order valence-corrected chi connectivity index (χ2v) is 4.47. The maximum atomic E-state index is 10.9. The molecule has 90 valence electrons. The molecule has 0 amide bonds. The second-order valence-electron chi connectivity index (χ2n) is 4.47. The fourth-order valence-corrected chi connectivity index (χ4v) is 2.15. The summed E-state index contributed by atoms with van der Waals surface area (Å²) in [7, 11) is 0. The highest BCUT2D eigenvalue weighted by molar-refractivity contribution is 5.87. The average molecular weight is 234 g/mol. The molecular formula is C13H14O4. The van der Waals surface area contributed by atoms with Gasteiger partial charge in [0.05, 0.1) is 12.0 Å². The molecule has 1 fully saturated rings. The van der Waals surface area contributed by atoms with E-state index in [9.17, 15) is 9.59 Å². The fraction of sp³-hybridized carbons (Fsp3) is 0.385. The molecule has 0 spiro atoms. The highest BCUT2D eigenvalue weighted by atomic mass is 16.4. The highest BCUT2D eigenvalue weighted by Crippen LogP contribution is 2.44. The van der Waals surface area contributed by atoms with Crippen molar-refractivity contribution in [1.29, 1.82) is 0 Å². The van der Waals surface area contributed by atoms with Crippen LogP contribution in [-0.2, 0) is 4.79 Å². The van der Waals surface area contributed by atoms with E-state index < -0.39 is 11.9 Å². The number of aliphatic carboxylic acids is 1. The molecule has 0 radical (unpaired) electrons. The van der Waals surface area contributed by atoms with Crippen LogP contribution in [0.1, 0.15) is 41.1 Å². The lowest BCUT2D eigenvalue weighted by atomic mass is 9.90. The molecule has 4 heteroatoms. The third-order valence-corrected chi connectivity index (χ3v) is 3.15. The summed E-state index contributed by atoms with van der Waals surface area (Å²) in [4.78, 5) is 21.7. The molecule has 0 bridgehead atoms. The van der Waals surface area contributed by atoms with Crippen molar-refractivity contribution in [2.24, 2.45) is 5.92 Å². The number of hydrogen-bond acceptors (Lipinski definition) is 2. The molecule has 1 aromatic rings. The molecular weight excluding hydrogens is 220 g/mol.